The van der Waals surface area contributed by atoms with Crippen LogP contribution >= 0.6 is 0 Å². The van der Waals surface area contributed by atoms with Crippen LogP contribution in [0.2, 0.25) is 0 Å². The molecular formula is C13H27NO2. The van der Waals surface area contributed by atoms with Crippen molar-refractivity contribution in [2.45, 2.75) is 59.3 Å². The molecule has 0 aromatic carbocycles. The van der Waals surface area contributed by atoms with Crippen molar-refractivity contribution in [3.63, 3.8) is 0 Å². The molecule has 0 aromatic rings. The van der Waals surface area contributed by atoms with Gasteiger partial charge in [0.25, 0.3) is 0 Å². The summed E-state index contributed by atoms with van der Waals surface area (Å²) >= 11 is 0. The molecule has 1 N–H and O–H groups in total. The van der Waals surface area contributed by atoms with E-state index in [4.69, 9.17) is 9.47 Å². The standard InChI is InChI=1S/C13H27NO2/c1-6-14-11-9-12(13(11,4)5)16-8-7-15-10(2)3/h10-12,14H,6-9H2,1-5H3. The average molecular weight is 229 g/mol. The smallest absolute Gasteiger partial charge is 0.0704 e. The molecule has 1 rings (SSSR count). The van der Waals surface area contributed by atoms with E-state index in [9.17, 15) is 0 Å². The van der Waals surface area contributed by atoms with E-state index in [0.717, 1.165) is 13.0 Å². The van der Waals surface area contributed by atoms with Gasteiger partial charge < -0.3 is 14.8 Å². The molecule has 1 aliphatic carbocycles. The summed E-state index contributed by atoms with van der Waals surface area (Å²) in [4.78, 5) is 0. The Hall–Kier alpha value is -0.120. The van der Waals surface area contributed by atoms with Gasteiger partial charge in [-0.05, 0) is 26.8 Å². The van der Waals surface area contributed by atoms with Gasteiger partial charge in [0.1, 0.15) is 0 Å². The van der Waals surface area contributed by atoms with E-state index in [1.807, 2.05) is 0 Å². The number of rotatable bonds is 7. The first-order valence-corrected chi connectivity index (χ1v) is 6.45. The minimum absolute atomic E-state index is 0.258. The predicted molar refractivity (Wildman–Crippen MR) is 66.7 cm³/mol. The lowest BCUT2D eigenvalue weighted by Crippen LogP contribution is -2.61. The molecule has 3 heteroatoms. The van der Waals surface area contributed by atoms with Crippen molar-refractivity contribution in [2.24, 2.45) is 5.41 Å². The third kappa shape index (κ3) is 3.44. The van der Waals surface area contributed by atoms with Gasteiger partial charge in [-0.25, -0.2) is 0 Å². The molecule has 0 aromatic heterocycles. The van der Waals surface area contributed by atoms with Crippen LogP contribution in [0.25, 0.3) is 0 Å². The highest BCUT2D eigenvalue weighted by atomic mass is 16.5. The molecule has 3 nitrogen and oxygen atoms in total. The molecule has 0 amide bonds. The molecule has 1 fully saturated rings. The Morgan fingerprint density at radius 1 is 1.31 bits per heavy atom. The van der Waals surface area contributed by atoms with Gasteiger partial charge in [0.2, 0.25) is 0 Å². The maximum Gasteiger partial charge on any atom is 0.0704 e. The second-order valence-electron chi connectivity index (χ2n) is 5.45. The van der Waals surface area contributed by atoms with Gasteiger partial charge in [-0.3, -0.25) is 0 Å². The van der Waals surface area contributed by atoms with Crippen molar-refractivity contribution in [3.05, 3.63) is 0 Å². The molecule has 1 aliphatic rings. The largest absolute Gasteiger partial charge is 0.376 e. The maximum absolute atomic E-state index is 5.86. The zero-order valence-electron chi connectivity index (χ0n) is 11.4. The van der Waals surface area contributed by atoms with Crippen LogP contribution in [-0.4, -0.2) is 38.0 Å². The quantitative estimate of drug-likeness (QED) is 0.679. The Balaban J connectivity index is 2.16. The molecule has 0 radical (unpaired) electrons. The fourth-order valence-corrected chi connectivity index (χ4v) is 2.24. The first-order chi connectivity index (χ1) is 7.48. The van der Waals surface area contributed by atoms with E-state index in [1.54, 1.807) is 0 Å². The summed E-state index contributed by atoms with van der Waals surface area (Å²) in [6.45, 7) is 13.3. The number of hydrogen-bond acceptors (Lipinski definition) is 3. The minimum atomic E-state index is 0.258. The summed E-state index contributed by atoms with van der Waals surface area (Å²) in [5.74, 6) is 0. The normalized spacial score (nSPS) is 28.1. The third-order valence-corrected chi connectivity index (χ3v) is 3.48. The lowest BCUT2D eigenvalue weighted by Gasteiger charge is -2.52. The fraction of sp³-hybridized carbons (Fsp3) is 1.00. The highest BCUT2D eigenvalue weighted by Gasteiger charge is 2.48. The van der Waals surface area contributed by atoms with Crippen LogP contribution in [0.1, 0.15) is 41.0 Å². The van der Waals surface area contributed by atoms with Crippen molar-refractivity contribution >= 4 is 0 Å². The van der Waals surface area contributed by atoms with Crippen LogP contribution in [0.5, 0.6) is 0 Å². The van der Waals surface area contributed by atoms with Crippen LogP contribution in [0, 0.1) is 5.41 Å². The fourth-order valence-electron chi connectivity index (χ4n) is 2.24. The minimum Gasteiger partial charge on any atom is -0.376 e. The van der Waals surface area contributed by atoms with Crippen LogP contribution in [0.3, 0.4) is 0 Å². The van der Waals surface area contributed by atoms with Gasteiger partial charge in [0, 0.05) is 11.5 Å². The van der Waals surface area contributed by atoms with E-state index in [0.29, 0.717) is 31.5 Å². The zero-order chi connectivity index (χ0) is 12.2. The topological polar surface area (TPSA) is 30.5 Å². The molecule has 0 aliphatic heterocycles. The third-order valence-electron chi connectivity index (χ3n) is 3.48. The summed E-state index contributed by atoms with van der Waals surface area (Å²) in [6, 6.07) is 0.605. The highest BCUT2D eigenvalue weighted by Crippen LogP contribution is 2.42. The Morgan fingerprint density at radius 3 is 2.50 bits per heavy atom. The first kappa shape index (κ1) is 13.9. The monoisotopic (exact) mass is 229 g/mol. The van der Waals surface area contributed by atoms with Crippen LogP contribution in [0.15, 0.2) is 0 Å². The Labute approximate surface area is 99.9 Å². The van der Waals surface area contributed by atoms with Crippen molar-refractivity contribution in [1.29, 1.82) is 0 Å². The van der Waals surface area contributed by atoms with E-state index in [-0.39, 0.29) is 5.41 Å². The van der Waals surface area contributed by atoms with Gasteiger partial charge in [-0.2, -0.15) is 0 Å². The molecular weight excluding hydrogens is 202 g/mol. The predicted octanol–water partition coefficient (Wildman–Crippen LogP) is 2.20. The van der Waals surface area contributed by atoms with Crippen molar-refractivity contribution < 1.29 is 9.47 Å². The van der Waals surface area contributed by atoms with E-state index < -0.39 is 0 Å². The molecule has 0 bridgehead atoms. The first-order valence-electron chi connectivity index (χ1n) is 6.45. The maximum atomic E-state index is 5.86. The van der Waals surface area contributed by atoms with Gasteiger partial charge >= 0.3 is 0 Å². The Bertz CT molecular complexity index is 204. The second-order valence-corrected chi connectivity index (χ2v) is 5.45. The average Bonchev–Trinajstić information content (AvgIpc) is 2.20. The lowest BCUT2D eigenvalue weighted by atomic mass is 9.64. The van der Waals surface area contributed by atoms with Crippen LogP contribution in [0.4, 0.5) is 0 Å². The summed E-state index contributed by atoms with van der Waals surface area (Å²) in [7, 11) is 0. The van der Waals surface area contributed by atoms with E-state index >= 15 is 0 Å². The number of nitrogens with one attached hydrogen (secondary N) is 1. The molecule has 2 atom stereocenters. The van der Waals surface area contributed by atoms with E-state index in [1.165, 1.54) is 0 Å². The van der Waals surface area contributed by atoms with Gasteiger partial charge in [0.15, 0.2) is 0 Å². The van der Waals surface area contributed by atoms with Gasteiger partial charge in [0.05, 0.1) is 25.4 Å². The molecule has 2 unspecified atom stereocenters. The molecule has 0 heterocycles. The van der Waals surface area contributed by atoms with Crippen LogP contribution in [-0.2, 0) is 9.47 Å². The molecule has 1 saturated carbocycles. The highest BCUT2D eigenvalue weighted by molar-refractivity contribution is 5.02. The lowest BCUT2D eigenvalue weighted by molar-refractivity contribution is -0.129. The molecule has 16 heavy (non-hydrogen) atoms. The molecule has 96 valence electrons. The van der Waals surface area contributed by atoms with Crippen LogP contribution < -0.4 is 5.32 Å². The van der Waals surface area contributed by atoms with Gasteiger partial charge in [-0.15, -0.1) is 0 Å². The summed E-state index contributed by atoms with van der Waals surface area (Å²) < 4.78 is 11.3. The second kappa shape index (κ2) is 5.99. The van der Waals surface area contributed by atoms with Crippen molar-refractivity contribution in [2.75, 3.05) is 19.8 Å². The SMILES string of the molecule is CCNC1CC(OCCOC(C)C)C1(C)C. The summed E-state index contributed by atoms with van der Waals surface area (Å²) in [6.07, 6.45) is 1.81. The number of ether oxygens (including phenoxy) is 2. The molecule has 0 saturated heterocycles. The number of hydrogen-bond donors (Lipinski definition) is 1. The summed E-state index contributed by atoms with van der Waals surface area (Å²) in [5, 5.41) is 3.50. The van der Waals surface area contributed by atoms with Gasteiger partial charge in [-0.1, -0.05) is 20.8 Å². The molecule has 0 spiro atoms. The van der Waals surface area contributed by atoms with E-state index in [2.05, 4.69) is 39.9 Å². The zero-order valence-corrected chi connectivity index (χ0v) is 11.4. The van der Waals surface area contributed by atoms with Crippen molar-refractivity contribution in [3.8, 4) is 0 Å². The summed E-state index contributed by atoms with van der Waals surface area (Å²) in [5.41, 5.74) is 0.258. The van der Waals surface area contributed by atoms with Crippen molar-refractivity contribution in [1.82, 2.24) is 5.32 Å². The Kier molecular flexibility index (Phi) is 5.22. The Morgan fingerprint density at radius 2 is 2.00 bits per heavy atom.